The molecular formula is C16H22BrNO2S. The van der Waals surface area contributed by atoms with Crippen molar-refractivity contribution in [2.45, 2.75) is 32.1 Å². The quantitative estimate of drug-likeness (QED) is 0.728. The molecule has 0 saturated heterocycles. The van der Waals surface area contributed by atoms with E-state index in [1.807, 2.05) is 24.3 Å². The van der Waals surface area contributed by atoms with Gasteiger partial charge in [-0.05, 0) is 43.5 Å². The van der Waals surface area contributed by atoms with E-state index >= 15 is 0 Å². The number of carbonyl (C=O) groups excluding carboxylic acids is 1. The number of methoxy groups -OCH3 is 1. The van der Waals surface area contributed by atoms with Gasteiger partial charge in [-0.15, -0.1) is 28.7 Å². The van der Waals surface area contributed by atoms with E-state index in [-0.39, 0.29) is 22.8 Å². The van der Waals surface area contributed by atoms with Crippen LogP contribution in [0.2, 0.25) is 0 Å². The van der Waals surface area contributed by atoms with Crippen molar-refractivity contribution >= 4 is 39.6 Å². The molecule has 0 unspecified atom stereocenters. The molecule has 2 rings (SSSR count). The van der Waals surface area contributed by atoms with Crippen molar-refractivity contribution < 1.29 is 9.53 Å². The molecule has 0 amide bonds. The third kappa shape index (κ3) is 6.22. The second-order valence-electron chi connectivity index (χ2n) is 4.88. The first-order valence-corrected chi connectivity index (χ1v) is 8.11. The number of nitrogens with zero attached hydrogens (tertiary/aromatic N) is 1. The molecular weight excluding hydrogens is 350 g/mol. The molecule has 0 spiro atoms. The Hall–Kier alpha value is -0.810. The zero-order chi connectivity index (χ0) is 14.2. The van der Waals surface area contributed by atoms with Crippen LogP contribution in [0.1, 0.15) is 42.5 Å². The number of rotatable bonds is 4. The van der Waals surface area contributed by atoms with Crippen LogP contribution in [-0.4, -0.2) is 30.2 Å². The first-order valence-electron chi connectivity index (χ1n) is 7.13. The van der Waals surface area contributed by atoms with Crippen molar-refractivity contribution in [3.05, 3.63) is 29.8 Å². The summed E-state index contributed by atoms with van der Waals surface area (Å²) in [6.07, 6.45) is 5.97. The molecule has 116 valence electrons. The average Bonchev–Trinajstić information content (AvgIpc) is 2.46. The summed E-state index contributed by atoms with van der Waals surface area (Å²) in [5, 5.41) is 1.14. The molecule has 5 heteroatoms. The Morgan fingerprint density at radius 2 is 1.90 bits per heavy atom. The van der Waals surface area contributed by atoms with E-state index < -0.39 is 0 Å². The highest BCUT2D eigenvalue weighted by Crippen LogP contribution is 2.18. The zero-order valence-electron chi connectivity index (χ0n) is 12.3. The number of Topliss-reactive ketones (excluding diaryl/α,β-unsaturated/α-hetero) is 1. The number of carbonyl (C=O) groups is 1. The second kappa shape index (κ2) is 10.0. The SMILES string of the molecule is Br.COc1ccc(C(=O)CSC2=NCCCCCC2)cc1. The van der Waals surface area contributed by atoms with Gasteiger partial charge in [0, 0.05) is 12.1 Å². The summed E-state index contributed by atoms with van der Waals surface area (Å²) in [4.78, 5) is 16.7. The lowest BCUT2D eigenvalue weighted by atomic mass is 10.1. The predicted molar refractivity (Wildman–Crippen MR) is 95.5 cm³/mol. The van der Waals surface area contributed by atoms with Crippen LogP contribution >= 0.6 is 28.7 Å². The lowest BCUT2D eigenvalue weighted by molar-refractivity contribution is 0.102. The Bertz CT molecular complexity index is 474. The van der Waals surface area contributed by atoms with E-state index in [1.165, 1.54) is 25.7 Å². The van der Waals surface area contributed by atoms with E-state index in [2.05, 4.69) is 4.99 Å². The van der Waals surface area contributed by atoms with Gasteiger partial charge >= 0.3 is 0 Å². The maximum Gasteiger partial charge on any atom is 0.173 e. The number of ketones is 1. The van der Waals surface area contributed by atoms with Crippen molar-refractivity contribution in [1.29, 1.82) is 0 Å². The second-order valence-corrected chi connectivity index (χ2v) is 5.93. The molecule has 0 saturated carbocycles. The number of benzene rings is 1. The first-order chi connectivity index (χ1) is 9.79. The highest BCUT2D eigenvalue weighted by atomic mass is 79.9. The summed E-state index contributed by atoms with van der Waals surface area (Å²) >= 11 is 1.60. The van der Waals surface area contributed by atoms with Crippen molar-refractivity contribution in [3.63, 3.8) is 0 Å². The van der Waals surface area contributed by atoms with E-state index in [1.54, 1.807) is 18.9 Å². The van der Waals surface area contributed by atoms with Crippen LogP contribution in [0.3, 0.4) is 0 Å². The third-order valence-electron chi connectivity index (χ3n) is 3.37. The van der Waals surface area contributed by atoms with Gasteiger partial charge in [0.25, 0.3) is 0 Å². The van der Waals surface area contributed by atoms with Gasteiger partial charge in [-0.2, -0.15) is 0 Å². The number of hydrogen-bond acceptors (Lipinski definition) is 4. The summed E-state index contributed by atoms with van der Waals surface area (Å²) in [5.74, 6) is 1.41. The van der Waals surface area contributed by atoms with Crippen molar-refractivity contribution in [2.24, 2.45) is 4.99 Å². The van der Waals surface area contributed by atoms with E-state index in [9.17, 15) is 4.79 Å². The largest absolute Gasteiger partial charge is 0.497 e. The molecule has 0 N–H and O–H groups in total. The molecule has 0 aromatic heterocycles. The predicted octanol–water partition coefficient (Wildman–Crippen LogP) is 4.55. The molecule has 1 heterocycles. The highest BCUT2D eigenvalue weighted by molar-refractivity contribution is 8.93. The normalized spacial score (nSPS) is 15.2. The minimum Gasteiger partial charge on any atom is -0.497 e. The molecule has 1 aromatic carbocycles. The molecule has 3 nitrogen and oxygen atoms in total. The van der Waals surface area contributed by atoms with E-state index in [0.717, 1.165) is 29.3 Å². The average molecular weight is 372 g/mol. The highest BCUT2D eigenvalue weighted by Gasteiger charge is 2.10. The fourth-order valence-electron chi connectivity index (χ4n) is 2.15. The summed E-state index contributed by atoms with van der Waals surface area (Å²) in [5.41, 5.74) is 0.741. The lowest BCUT2D eigenvalue weighted by Crippen LogP contribution is -2.07. The van der Waals surface area contributed by atoms with Crippen LogP contribution in [0, 0.1) is 0 Å². The zero-order valence-corrected chi connectivity index (χ0v) is 14.9. The molecule has 0 bridgehead atoms. The number of aliphatic imine (C=N–C) groups is 1. The monoisotopic (exact) mass is 371 g/mol. The number of hydrogen-bond donors (Lipinski definition) is 0. The van der Waals surface area contributed by atoms with Crippen molar-refractivity contribution in [3.8, 4) is 5.75 Å². The Morgan fingerprint density at radius 1 is 1.19 bits per heavy atom. The molecule has 0 fully saturated rings. The van der Waals surface area contributed by atoms with Crippen LogP contribution in [0.15, 0.2) is 29.3 Å². The van der Waals surface area contributed by atoms with E-state index in [0.29, 0.717) is 5.75 Å². The number of halogens is 1. The fraction of sp³-hybridized carbons (Fsp3) is 0.500. The van der Waals surface area contributed by atoms with Gasteiger partial charge in [-0.1, -0.05) is 12.8 Å². The Morgan fingerprint density at radius 3 is 2.62 bits per heavy atom. The van der Waals surface area contributed by atoms with Gasteiger partial charge < -0.3 is 4.74 Å². The van der Waals surface area contributed by atoms with Crippen molar-refractivity contribution in [2.75, 3.05) is 19.4 Å². The molecule has 0 radical (unpaired) electrons. The summed E-state index contributed by atoms with van der Waals surface area (Å²) in [7, 11) is 1.62. The number of ether oxygens (including phenoxy) is 1. The van der Waals surface area contributed by atoms with Gasteiger partial charge in [0.2, 0.25) is 0 Å². The van der Waals surface area contributed by atoms with Crippen LogP contribution in [0.5, 0.6) is 5.75 Å². The van der Waals surface area contributed by atoms with E-state index in [4.69, 9.17) is 4.74 Å². The number of thioether (sulfide) groups is 1. The minimum atomic E-state index is 0. The van der Waals surface area contributed by atoms with Crippen LogP contribution in [-0.2, 0) is 0 Å². The first kappa shape index (κ1) is 18.2. The maximum atomic E-state index is 12.1. The summed E-state index contributed by atoms with van der Waals surface area (Å²) in [6.45, 7) is 0.916. The Kier molecular flexibility index (Phi) is 8.69. The lowest BCUT2D eigenvalue weighted by Gasteiger charge is -2.09. The standard InChI is InChI=1S/C16H21NO2S.BrH/c1-19-14-9-7-13(8-10-14)15(18)12-20-16-6-4-2-3-5-11-17-16;/h7-10H,2-6,11-12H2,1H3;1H. The fourth-order valence-corrected chi connectivity index (χ4v) is 3.09. The summed E-state index contributed by atoms with van der Waals surface area (Å²) < 4.78 is 5.09. The molecule has 1 aromatic rings. The molecule has 1 aliphatic rings. The smallest absolute Gasteiger partial charge is 0.173 e. The Labute approximate surface area is 141 Å². The van der Waals surface area contributed by atoms with Crippen LogP contribution in [0.25, 0.3) is 0 Å². The minimum absolute atomic E-state index is 0. The van der Waals surface area contributed by atoms with Crippen LogP contribution in [0.4, 0.5) is 0 Å². The van der Waals surface area contributed by atoms with Crippen LogP contribution < -0.4 is 4.74 Å². The van der Waals surface area contributed by atoms with Gasteiger partial charge in [-0.25, -0.2) is 0 Å². The van der Waals surface area contributed by atoms with Gasteiger partial charge in [0.15, 0.2) is 5.78 Å². The topological polar surface area (TPSA) is 38.7 Å². The van der Waals surface area contributed by atoms with Crippen molar-refractivity contribution in [1.82, 2.24) is 0 Å². The molecule has 0 aliphatic carbocycles. The van der Waals surface area contributed by atoms with Gasteiger partial charge in [0.1, 0.15) is 5.75 Å². The third-order valence-corrected chi connectivity index (χ3v) is 4.44. The van der Waals surface area contributed by atoms with Gasteiger partial charge in [0.05, 0.1) is 17.9 Å². The molecule has 0 atom stereocenters. The van der Waals surface area contributed by atoms with Gasteiger partial charge in [-0.3, -0.25) is 9.79 Å². The molecule has 21 heavy (non-hydrogen) atoms. The Balaban J connectivity index is 0.00000220. The molecule has 1 aliphatic heterocycles. The summed E-state index contributed by atoms with van der Waals surface area (Å²) in [6, 6.07) is 7.29. The maximum absolute atomic E-state index is 12.1.